The molecule has 1 saturated carbocycles. The van der Waals surface area contributed by atoms with Crippen LogP contribution >= 0.6 is 0 Å². The van der Waals surface area contributed by atoms with Gasteiger partial charge in [-0.3, -0.25) is 0 Å². The number of aryl methyl sites for hydroxylation is 1. The first-order valence-corrected chi connectivity index (χ1v) is 5.44. The number of nitrogens with zero attached hydrogens (tertiary/aromatic N) is 1. The zero-order chi connectivity index (χ0) is 9.97. The molecule has 76 valence electrons. The van der Waals surface area contributed by atoms with E-state index in [9.17, 15) is 0 Å². The number of pyridine rings is 1. The summed E-state index contributed by atoms with van der Waals surface area (Å²) in [5.41, 5.74) is 1.23. The standard InChI is InChI=1S/C12H18N2/c1-9-4-3-7-13-12(9)14-10(2)8-11-5-6-11/h3-4,7,10-11H,5-6,8H2,1-2H3,(H,13,14). The van der Waals surface area contributed by atoms with Crippen molar-refractivity contribution in [1.29, 1.82) is 0 Å². The molecule has 0 radical (unpaired) electrons. The van der Waals surface area contributed by atoms with Gasteiger partial charge in [0, 0.05) is 12.2 Å². The Kier molecular flexibility index (Phi) is 2.71. The van der Waals surface area contributed by atoms with E-state index < -0.39 is 0 Å². The second-order valence-electron chi connectivity index (χ2n) is 4.39. The van der Waals surface area contributed by atoms with Crippen LogP contribution in [0.15, 0.2) is 18.3 Å². The second kappa shape index (κ2) is 3.99. The molecule has 1 aliphatic carbocycles. The Hall–Kier alpha value is -1.05. The van der Waals surface area contributed by atoms with Gasteiger partial charge in [-0.05, 0) is 37.8 Å². The second-order valence-corrected chi connectivity index (χ2v) is 4.39. The molecular weight excluding hydrogens is 172 g/mol. The van der Waals surface area contributed by atoms with Crippen molar-refractivity contribution in [2.75, 3.05) is 5.32 Å². The largest absolute Gasteiger partial charge is 0.367 e. The highest BCUT2D eigenvalue weighted by molar-refractivity contribution is 5.43. The van der Waals surface area contributed by atoms with E-state index in [0.29, 0.717) is 6.04 Å². The number of rotatable bonds is 4. The minimum atomic E-state index is 0.552. The number of hydrogen-bond donors (Lipinski definition) is 1. The topological polar surface area (TPSA) is 24.9 Å². The molecule has 0 aromatic carbocycles. The number of nitrogens with one attached hydrogen (secondary N) is 1. The molecule has 14 heavy (non-hydrogen) atoms. The van der Waals surface area contributed by atoms with Gasteiger partial charge in [-0.2, -0.15) is 0 Å². The van der Waals surface area contributed by atoms with Crippen LogP contribution in [0.25, 0.3) is 0 Å². The molecule has 1 N–H and O–H groups in total. The third kappa shape index (κ3) is 2.47. The quantitative estimate of drug-likeness (QED) is 0.789. The van der Waals surface area contributed by atoms with Crippen molar-refractivity contribution in [3.8, 4) is 0 Å². The van der Waals surface area contributed by atoms with Crippen molar-refractivity contribution in [1.82, 2.24) is 4.98 Å². The van der Waals surface area contributed by atoms with E-state index in [-0.39, 0.29) is 0 Å². The number of anilines is 1. The lowest BCUT2D eigenvalue weighted by Crippen LogP contribution is -2.17. The predicted molar refractivity (Wildman–Crippen MR) is 59.4 cm³/mol. The minimum Gasteiger partial charge on any atom is -0.367 e. The highest BCUT2D eigenvalue weighted by Gasteiger charge is 2.23. The summed E-state index contributed by atoms with van der Waals surface area (Å²) >= 11 is 0. The maximum absolute atomic E-state index is 4.33. The molecule has 1 aromatic rings. The molecule has 1 heterocycles. The lowest BCUT2D eigenvalue weighted by molar-refractivity contribution is 0.639. The van der Waals surface area contributed by atoms with Crippen molar-refractivity contribution < 1.29 is 0 Å². The number of aromatic nitrogens is 1. The third-order valence-electron chi connectivity index (χ3n) is 2.78. The van der Waals surface area contributed by atoms with Crippen molar-refractivity contribution in [3.63, 3.8) is 0 Å². The van der Waals surface area contributed by atoms with Crippen LogP contribution in [-0.4, -0.2) is 11.0 Å². The third-order valence-corrected chi connectivity index (χ3v) is 2.78. The van der Waals surface area contributed by atoms with Gasteiger partial charge in [0.1, 0.15) is 5.82 Å². The molecule has 0 bridgehead atoms. The van der Waals surface area contributed by atoms with Gasteiger partial charge in [0.05, 0.1) is 0 Å². The lowest BCUT2D eigenvalue weighted by Gasteiger charge is -2.15. The molecule has 2 rings (SSSR count). The lowest BCUT2D eigenvalue weighted by atomic mass is 10.1. The van der Waals surface area contributed by atoms with Crippen LogP contribution in [0.5, 0.6) is 0 Å². The van der Waals surface area contributed by atoms with Gasteiger partial charge in [0.2, 0.25) is 0 Å². The molecule has 1 fully saturated rings. The van der Waals surface area contributed by atoms with Gasteiger partial charge in [-0.15, -0.1) is 0 Å². The highest BCUT2D eigenvalue weighted by Crippen LogP contribution is 2.34. The molecule has 1 aromatic heterocycles. The minimum absolute atomic E-state index is 0.552. The Bertz CT molecular complexity index is 305. The Morgan fingerprint density at radius 3 is 3.00 bits per heavy atom. The fourth-order valence-corrected chi connectivity index (χ4v) is 1.78. The van der Waals surface area contributed by atoms with Crippen LogP contribution in [0, 0.1) is 12.8 Å². The average Bonchev–Trinajstić information content (AvgIpc) is 2.93. The SMILES string of the molecule is Cc1cccnc1NC(C)CC1CC1. The summed E-state index contributed by atoms with van der Waals surface area (Å²) in [5, 5.41) is 3.47. The van der Waals surface area contributed by atoms with Gasteiger partial charge < -0.3 is 5.32 Å². The highest BCUT2D eigenvalue weighted by atomic mass is 15.0. The molecule has 2 nitrogen and oxygen atoms in total. The van der Waals surface area contributed by atoms with Crippen LogP contribution in [-0.2, 0) is 0 Å². The van der Waals surface area contributed by atoms with E-state index in [1.165, 1.54) is 24.8 Å². The first-order chi connectivity index (χ1) is 6.75. The van der Waals surface area contributed by atoms with Crippen molar-refractivity contribution in [3.05, 3.63) is 23.9 Å². The summed E-state index contributed by atoms with van der Waals surface area (Å²) < 4.78 is 0. The molecule has 1 atom stereocenters. The molecule has 0 aliphatic heterocycles. The predicted octanol–water partition coefficient (Wildman–Crippen LogP) is 2.99. The van der Waals surface area contributed by atoms with Crippen molar-refractivity contribution in [2.24, 2.45) is 5.92 Å². The molecule has 2 heteroatoms. The smallest absolute Gasteiger partial charge is 0.129 e. The fourth-order valence-electron chi connectivity index (χ4n) is 1.78. The zero-order valence-corrected chi connectivity index (χ0v) is 8.96. The summed E-state index contributed by atoms with van der Waals surface area (Å²) in [7, 11) is 0. The Morgan fingerprint density at radius 1 is 1.57 bits per heavy atom. The average molecular weight is 190 g/mol. The van der Waals surface area contributed by atoms with Gasteiger partial charge in [-0.25, -0.2) is 4.98 Å². The fraction of sp³-hybridized carbons (Fsp3) is 0.583. The summed E-state index contributed by atoms with van der Waals surface area (Å²) in [6.45, 7) is 4.34. The van der Waals surface area contributed by atoms with Crippen molar-refractivity contribution >= 4 is 5.82 Å². The van der Waals surface area contributed by atoms with E-state index in [0.717, 1.165) is 11.7 Å². The summed E-state index contributed by atoms with van der Waals surface area (Å²) in [4.78, 5) is 4.33. The van der Waals surface area contributed by atoms with E-state index in [1.807, 2.05) is 12.3 Å². The van der Waals surface area contributed by atoms with Crippen LogP contribution in [0.1, 0.15) is 31.7 Å². The van der Waals surface area contributed by atoms with Crippen LogP contribution in [0.4, 0.5) is 5.82 Å². The Morgan fingerprint density at radius 2 is 2.36 bits per heavy atom. The maximum atomic E-state index is 4.33. The van der Waals surface area contributed by atoms with Crippen LogP contribution < -0.4 is 5.32 Å². The Labute approximate surface area is 85.7 Å². The first-order valence-electron chi connectivity index (χ1n) is 5.44. The Balaban J connectivity index is 1.91. The van der Waals surface area contributed by atoms with Crippen LogP contribution in [0.2, 0.25) is 0 Å². The van der Waals surface area contributed by atoms with Gasteiger partial charge in [-0.1, -0.05) is 18.9 Å². The summed E-state index contributed by atoms with van der Waals surface area (Å²) in [5.74, 6) is 2.02. The first kappa shape index (κ1) is 9.50. The van der Waals surface area contributed by atoms with E-state index >= 15 is 0 Å². The normalized spacial score (nSPS) is 17.9. The van der Waals surface area contributed by atoms with Crippen LogP contribution in [0.3, 0.4) is 0 Å². The summed E-state index contributed by atoms with van der Waals surface area (Å²) in [6.07, 6.45) is 5.98. The molecular formula is C12H18N2. The molecule has 0 spiro atoms. The summed E-state index contributed by atoms with van der Waals surface area (Å²) in [6, 6.07) is 4.63. The molecule has 0 saturated heterocycles. The van der Waals surface area contributed by atoms with Gasteiger partial charge >= 0.3 is 0 Å². The van der Waals surface area contributed by atoms with Gasteiger partial charge in [0.15, 0.2) is 0 Å². The molecule has 1 aliphatic rings. The van der Waals surface area contributed by atoms with Crippen molar-refractivity contribution in [2.45, 2.75) is 39.2 Å². The monoisotopic (exact) mass is 190 g/mol. The molecule has 1 unspecified atom stereocenters. The maximum Gasteiger partial charge on any atom is 0.129 e. The molecule has 0 amide bonds. The zero-order valence-electron chi connectivity index (χ0n) is 8.96. The van der Waals surface area contributed by atoms with E-state index in [1.54, 1.807) is 0 Å². The van der Waals surface area contributed by atoms with E-state index in [2.05, 4.69) is 30.2 Å². The number of hydrogen-bond acceptors (Lipinski definition) is 2. The van der Waals surface area contributed by atoms with E-state index in [4.69, 9.17) is 0 Å². The van der Waals surface area contributed by atoms with Gasteiger partial charge in [0.25, 0.3) is 0 Å².